The molecule has 11 heavy (non-hydrogen) atoms. The average Bonchev–Trinajstić information content (AvgIpc) is 2.66. The molecule has 2 rings (SSSR count). The number of hydrogen-bond donors (Lipinski definition) is 0. The van der Waals surface area contributed by atoms with Gasteiger partial charge in [0.2, 0.25) is 0 Å². The average molecular weight is 150 g/mol. The van der Waals surface area contributed by atoms with Gasteiger partial charge < -0.3 is 4.90 Å². The van der Waals surface area contributed by atoms with Crippen LogP contribution >= 0.6 is 0 Å². The minimum atomic E-state index is 0.214. The van der Waals surface area contributed by atoms with E-state index < -0.39 is 0 Å². The lowest BCUT2D eigenvalue weighted by molar-refractivity contribution is 0.0740. The molecule has 2 aliphatic rings. The first-order chi connectivity index (χ1) is 5.24. The molecule has 1 atom stereocenters. The molecule has 1 heterocycles. The molecule has 0 amide bonds. The molecular formula is C9H14N2. The quantitative estimate of drug-likeness (QED) is 0.592. The van der Waals surface area contributed by atoms with Crippen LogP contribution in [0.15, 0.2) is 0 Å². The van der Waals surface area contributed by atoms with Crippen molar-refractivity contribution in [2.24, 2.45) is 11.3 Å². The van der Waals surface area contributed by atoms with Gasteiger partial charge in [0.05, 0.1) is 12.0 Å². The summed E-state index contributed by atoms with van der Waals surface area (Å²) in [5, 5.41) is 8.57. The largest absolute Gasteiger partial charge is 0.301 e. The predicted molar refractivity (Wildman–Crippen MR) is 42.9 cm³/mol. The van der Waals surface area contributed by atoms with Gasteiger partial charge in [-0.2, -0.15) is 5.26 Å². The maximum absolute atomic E-state index is 8.57. The molecule has 1 saturated carbocycles. The third kappa shape index (κ3) is 1.25. The second-order valence-corrected chi connectivity index (χ2v) is 4.20. The lowest BCUT2D eigenvalue weighted by Crippen LogP contribution is -2.49. The van der Waals surface area contributed by atoms with Crippen LogP contribution in [0.4, 0.5) is 0 Å². The summed E-state index contributed by atoms with van der Waals surface area (Å²) in [5.41, 5.74) is 0.745. The Morgan fingerprint density at radius 3 is 2.64 bits per heavy atom. The van der Waals surface area contributed by atoms with Crippen molar-refractivity contribution < 1.29 is 0 Å². The van der Waals surface area contributed by atoms with E-state index in [9.17, 15) is 0 Å². The Morgan fingerprint density at radius 2 is 2.18 bits per heavy atom. The van der Waals surface area contributed by atoms with Gasteiger partial charge in [0.1, 0.15) is 0 Å². The standard InChI is InChI=1S/C9H14N2/c1-8(4-10)5-11-6-9(7-11)2-3-9/h8H,2-3,5-7H2,1H3. The fourth-order valence-electron chi connectivity index (χ4n) is 1.95. The lowest BCUT2D eigenvalue weighted by Gasteiger charge is -2.40. The Kier molecular flexibility index (Phi) is 1.43. The molecule has 1 aliphatic carbocycles. The van der Waals surface area contributed by atoms with Crippen LogP contribution in [-0.2, 0) is 0 Å². The molecule has 0 aromatic heterocycles. The zero-order chi connectivity index (χ0) is 7.90. The maximum atomic E-state index is 8.57. The molecule has 1 saturated heterocycles. The van der Waals surface area contributed by atoms with Crippen LogP contribution < -0.4 is 0 Å². The molecule has 0 radical (unpaired) electrons. The van der Waals surface area contributed by atoms with Gasteiger partial charge in [-0.15, -0.1) is 0 Å². The van der Waals surface area contributed by atoms with Crippen molar-refractivity contribution in [3.63, 3.8) is 0 Å². The first-order valence-corrected chi connectivity index (χ1v) is 4.36. The second-order valence-electron chi connectivity index (χ2n) is 4.20. The van der Waals surface area contributed by atoms with E-state index in [-0.39, 0.29) is 5.92 Å². The third-order valence-electron chi connectivity index (χ3n) is 2.83. The Hall–Kier alpha value is -0.550. The number of hydrogen-bond acceptors (Lipinski definition) is 2. The third-order valence-corrected chi connectivity index (χ3v) is 2.83. The Morgan fingerprint density at radius 1 is 1.55 bits per heavy atom. The van der Waals surface area contributed by atoms with E-state index in [2.05, 4.69) is 11.0 Å². The zero-order valence-electron chi connectivity index (χ0n) is 7.01. The molecule has 2 fully saturated rings. The Labute approximate surface area is 67.8 Å². The highest BCUT2D eigenvalue weighted by atomic mass is 15.2. The molecule has 0 aromatic rings. The first kappa shape index (κ1) is 7.12. The first-order valence-electron chi connectivity index (χ1n) is 4.36. The Bertz CT molecular complexity index is 192. The Balaban J connectivity index is 1.71. The summed E-state index contributed by atoms with van der Waals surface area (Å²) in [6.07, 6.45) is 2.87. The topological polar surface area (TPSA) is 27.0 Å². The highest BCUT2D eigenvalue weighted by Gasteiger charge is 2.51. The summed E-state index contributed by atoms with van der Waals surface area (Å²) in [7, 11) is 0. The smallest absolute Gasteiger partial charge is 0.0666 e. The molecule has 0 N–H and O–H groups in total. The predicted octanol–water partition coefficient (Wildman–Crippen LogP) is 1.24. The van der Waals surface area contributed by atoms with Gasteiger partial charge in [0, 0.05) is 19.6 Å². The normalized spacial score (nSPS) is 29.1. The van der Waals surface area contributed by atoms with Gasteiger partial charge in [-0.1, -0.05) is 0 Å². The van der Waals surface area contributed by atoms with E-state index in [0.29, 0.717) is 0 Å². The van der Waals surface area contributed by atoms with Crippen molar-refractivity contribution in [3.8, 4) is 6.07 Å². The van der Waals surface area contributed by atoms with Gasteiger partial charge in [-0.25, -0.2) is 0 Å². The fraction of sp³-hybridized carbons (Fsp3) is 0.889. The fourth-order valence-corrected chi connectivity index (χ4v) is 1.95. The van der Waals surface area contributed by atoms with E-state index in [4.69, 9.17) is 5.26 Å². The molecule has 1 spiro atoms. The van der Waals surface area contributed by atoms with E-state index in [1.54, 1.807) is 0 Å². The van der Waals surface area contributed by atoms with Crippen LogP contribution in [0.1, 0.15) is 19.8 Å². The highest BCUT2D eigenvalue weighted by Crippen LogP contribution is 2.52. The summed E-state index contributed by atoms with van der Waals surface area (Å²) in [6.45, 7) is 5.51. The van der Waals surface area contributed by atoms with Gasteiger partial charge >= 0.3 is 0 Å². The van der Waals surface area contributed by atoms with Crippen molar-refractivity contribution in [3.05, 3.63) is 0 Å². The number of nitriles is 1. The maximum Gasteiger partial charge on any atom is 0.0666 e. The summed E-state index contributed by atoms with van der Waals surface area (Å²) in [6, 6.07) is 2.27. The molecule has 1 unspecified atom stereocenters. The van der Waals surface area contributed by atoms with E-state index in [1.807, 2.05) is 6.92 Å². The van der Waals surface area contributed by atoms with Gasteiger partial charge in [0.25, 0.3) is 0 Å². The minimum absolute atomic E-state index is 0.214. The van der Waals surface area contributed by atoms with Crippen LogP contribution in [0.5, 0.6) is 0 Å². The molecule has 2 heteroatoms. The lowest BCUT2D eigenvalue weighted by atomic mass is 9.95. The van der Waals surface area contributed by atoms with Crippen molar-refractivity contribution in [2.75, 3.05) is 19.6 Å². The van der Waals surface area contributed by atoms with Crippen molar-refractivity contribution in [1.82, 2.24) is 4.90 Å². The molecule has 60 valence electrons. The van der Waals surface area contributed by atoms with Crippen LogP contribution in [0.2, 0.25) is 0 Å². The van der Waals surface area contributed by atoms with Crippen LogP contribution in [0, 0.1) is 22.7 Å². The van der Waals surface area contributed by atoms with E-state index >= 15 is 0 Å². The molecule has 0 aromatic carbocycles. The molecule has 2 nitrogen and oxygen atoms in total. The van der Waals surface area contributed by atoms with E-state index in [1.165, 1.54) is 25.9 Å². The highest BCUT2D eigenvalue weighted by molar-refractivity contribution is 5.05. The number of rotatable bonds is 2. The van der Waals surface area contributed by atoms with Crippen LogP contribution in [-0.4, -0.2) is 24.5 Å². The molecule has 1 aliphatic heterocycles. The second kappa shape index (κ2) is 2.22. The molecular weight excluding hydrogens is 136 g/mol. The zero-order valence-corrected chi connectivity index (χ0v) is 7.01. The summed E-state index contributed by atoms with van der Waals surface area (Å²) in [4.78, 5) is 2.40. The van der Waals surface area contributed by atoms with Crippen molar-refractivity contribution >= 4 is 0 Å². The minimum Gasteiger partial charge on any atom is -0.301 e. The van der Waals surface area contributed by atoms with Crippen molar-refractivity contribution in [2.45, 2.75) is 19.8 Å². The summed E-state index contributed by atoms with van der Waals surface area (Å²) in [5.74, 6) is 0.214. The number of nitrogens with zero attached hydrogens (tertiary/aromatic N) is 2. The van der Waals surface area contributed by atoms with E-state index in [0.717, 1.165) is 12.0 Å². The molecule has 0 bridgehead atoms. The number of likely N-dealkylation sites (tertiary alicyclic amines) is 1. The van der Waals surface area contributed by atoms with Gasteiger partial charge in [-0.3, -0.25) is 0 Å². The van der Waals surface area contributed by atoms with Crippen LogP contribution in [0.25, 0.3) is 0 Å². The van der Waals surface area contributed by atoms with Gasteiger partial charge in [-0.05, 0) is 25.2 Å². The van der Waals surface area contributed by atoms with Gasteiger partial charge in [0.15, 0.2) is 0 Å². The van der Waals surface area contributed by atoms with Crippen molar-refractivity contribution in [1.29, 1.82) is 5.26 Å². The van der Waals surface area contributed by atoms with Crippen LogP contribution in [0.3, 0.4) is 0 Å². The monoisotopic (exact) mass is 150 g/mol. The summed E-state index contributed by atoms with van der Waals surface area (Å²) >= 11 is 0. The summed E-state index contributed by atoms with van der Waals surface area (Å²) < 4.78 is 0. The SMILES string of the molecule is CC(C#N)CN1CC2(CC2)C1.